The largest absolute Gasteiger partial charge is 0.456 e. The molecule has 0 aliphatic carbocycles. The summed E-state index contributed by atoms with van der Waals surface area (Å²) >= 11 is 0. The Hall–Kier alpha value is -7.84. The number of hydrogen-bond acceptors (Lipinski definition) is 7. The molecule has 0 radical (unpaired) electrons. The second-order valence-corrected chi connectivity index (χ2v) is 14.4. The normalized spacial score (nSPS) is 11.6. The van der Waals surface area contributed by atoms with Crippen LogP contribution in [0.3, 0.4) is 0 Å². The van der Waals surface area contributed by atoms with Crippen molar-refractivity contribution in [3.63, 3.8) is 0 Å². The van der Waals surface area contributed by atoms with Crippen molar-refractivity contribution < 1.29 is 4.42 Å². The van der Waals surface area contributed by atoms with Crippen LogP contribution in [0.25, 0.3) is 106 Å². The first-order valence-corrected chi connectivity index (χ1v) is 19.2. The fraction of sp³-hybridized carbons (Fsp3) is 0.0400. The van der Waals surface area contributed by atoms with Crippen molar-refractivity contribution in [1.29, 1.82) is 0 Å². The molecule has 0 amide bonds. The summed E-state index contributed by atoms with van der Waals surface area (Å²) in [7, 11) is 0. The molecule has 4 aromatic heterocycles. The molecule has 0 aliphatic heterocycles. The average molecular weight is 748 g/mol. The Bertz CT molecular complexity index is 3290. The molecule has 58 heavy (non-hydrogen) atoms. The van der Waals surface area contributed by atoms with Gasteiger partial charge in [-0.15, -0.1) is 0 Å². The van der Waals surface area contributed by atoms with Crippen molar-refractivity contribution >= 4 is 43.7 Å². The van der Waals surface area contributed by atoms with Gasteiger partial charge in [-0.2, -0.15) is 0 Å². The summed E-state index contributed by atoms with van der Waals surface area (Å²) < 4.78 is 8.66. The van der Waals surface area contributed by atoms with Crippen LogP contribution in [0.2, 0.25) is 0 Å². The predicted molar refractivity (Wildman–Crippen MR) is 231 cm³/mol. The second kappa shape index (κ2) is 13.4. The van der Waals surface area contributed by atoms with Crippen LogP contribution in [0.4, 0.5) is 0 Å². The maximum atomic E-state index is 6.35. The third-order valence-corrected chi connectivity index (χ3v) is 10.7. The lowest BCUT2D eigenvalue weighted by Crippen LogP contribution is -2.04. The summed E-state index contributed by atoms with van der Waals surface area (Å²) in [4.78, 5) is 29.5. The first-order chi connectivity index (χ1) is 28.6. The molecule has 8 heteroatoms. The van der Waals surface area contributed by atoms with Crippen molar-refractivity contribution in [2.45, 2.75) is 13.8 Å². The molecule has 0 N–H and O–H groups in total. The molecule has 7 aromatic carbocycles. The zero-order valence-corrected chi connectivity index (χ0v) is 31.6. The maximum Gasteiger partial charge on any atom is 0.166 e. The fourth-order valence-corrected chi connectivity index (χ4v) is 8.14. The quantitative estimate of drug-likeness (QED) is 0.167. The van der Waals surface area contributed by atoms with Crippen molar-refractivity contribution in [3.8, 4) is 62.4 Å². The first-order valence-electron chi connectivity index (χ1n) is 19.2. The minimum absolute atomic E-state index is 0.555. The third kappa shape index (κ3) is 5.61. The highest BCUT2D eigenvalue weighted by molar-refractivity contribution is 6.13. The van der Waals surface area contributed by atoms with Crippen LogP contribution in [-0.4, -0.2) is 34.5 Å². The number of fused-ring (bicyclic) bond motifs is 6. The molecule has 4 heterocycles. The van der Waals surface area contributed by atoms with Gasteiger partial charge in [0.2, 0.25) is 0 Å². The van der Waals surface area contributed by atoms with Gasteiger partial charge in [-0.1, -0.05) is 127 Å². The van der Waals surface area contributed by atoms with Crippen molar-refractivity contribution in [2.24, 2.45) is 0 Å². The Morgan fingerprint density at radius 3 is 1.71 bits per heavy atom. The van der Waals surface area contributed by atoms with Gasteiger partial charge >= 0.3 is 0 Å². The molecule has 0 bridgehead atoms. The fourth-order valence-electron chi connectivity index (χ4n) is 8.14. The number of furan rings is 1. The summed E-state index contributed by atoms with van der Waals surface area (Å²) in [6, 6.07) is 56.2. The SMILES string of the molecule is Cc1nc(C)nc(-c2ccc3c4ccccc4n(-c4ccc(-c5cccc6oc7ccccc7c56)cc4-c4nc(-c5ccccc5)nc(-c5ccccc5)n4)c3c2)n1. The van der Waals surface area contributed by atoms with Gasteiger partial charge in [-0.05, 0) is 61.4 Å². The predicted octanol–water partition coefficient (Wildman–Crippen LogP) is 12.0. The van der Waals surface area contributed by atoms with E-state index in [4.69, 9.17) is 29.3 Å². The van der Waals surface area contributed by atoms with E-state index in [-0.39, 0.29) is 0 Å². The Morgan fingerprint density at radius 2 is 0.966 bits per heavy atom. The standard InChI is InChI=1S/C50H33N7O/c1-30-51-31(2)53-49(52-30)35-24-26-38-37-18-9-11-21-41(37)57(43(38)29-35)42-27-25-34(36-20-13-23-45-46(36)39-19-10-12-22-44(39)58-45)28-40(42)50-55-47(32-14-5-3-6-15-32)54-48(56-50)33-16-7-4-8-17-33/h3-29H,1-2H3. The lowest BCUT2D eigenvalue weighted by Gasteiger charge is -2.17. The molecule has 11 rings (SSSR count). The Kier molecular flexibility index (Phi) is 7.75. The first kappa shape index (κ1) is 33.5. The summed E-state index contributed by atoms with van der Waals surface area (Å²) in [6.45, 7) is 3.80. The number of aryl methyl sites for hydroxylation is 2. The Balaban J connectivity index is 1.23. The molecular formula is C50H33N7O. The highest BCUT2D eigenvalue weighted by Gasteiger charge is 2.22. The molecule has 11 aromatic rings. The minimum Gasteiger partial charge on any atom is -0.456 e. The van der Waals surface area contributed by atoms with E-state index in [1.807, 2.05) is 92.7 Å². The summed E-state index contributed by atoms with van der Waals surface area (Å²) in [5.74, 6) is 3.74. The van der Waals surface area contributed by atoms with E-state index >= 15 is 0 Å². The van der Waals surface area contributed by atoms with Crippen molar-refractivity contribution in [1.82, 2.24) is 34.5 Å². The van der Waals surface area contributed by atoms with Crippen LogP contribution >= 0.6 is 0 Å². The lowest BCUT2D eigenvalue weighted by atomic mass is 9.96. The topological polar surface area (TPSA) is 95.4 Å². The monoisotopic (exact) mass is 747 g/mol. The van der Waals surface area contributed by atoms with Crippen LogP contribution in [0, 0.1) is 13.8 Å². The van der Waals surface area contributed by atoms with Gasteiger partial charge in [0.15, 0.2) is 23.3 Å². The van der Waals surface area contributed by atoms with Gasteiger partial charge < -0.3 is 8.98 Å². The van der Waals surface area contributed by atoms with Crippen molar-refractivity contribution in [3.05, 3.63) is 175 Å². The van der Waals surface area contributed by atoms with E-state index < -0.39 is 0 Å². The highest BCUT2D eigenvalue weighted by Crippen LogP contribution is 2.42. The van der Waals surface area contributed by atoms with E-state index in [9.17, 15) is 0 Å². The van der Waals surface area contributed by atoms with Crippen LogP contribution in [-0.2, 0) is 0 Å². The molecule has 0 saturated carbocycles. The van der Waals surface area contributed by atoms with E-state index in [0.29, 0.717) is 34.9 Å². The van der Waals surface area contributed by atoms with Gasteiger partial charge in [0.25, 0.3) is 0 Å². The van der Waals surface area contributed by atoms with Gasteiger partial charge in [0.1, 0.15) is 22.8 Å². The smallest absolute Gasteiger partial charge is 0.166 e. The zero-order valence-electron chi connectivity index (χ0n) is 31.6. The van der Waals surface area contributed by atoms with Gasteiger partial charge in [0.05, 0.1) is 16.7 Å². The molecule has 8 nitrogen and oxygen atoms in total. The number of hydrogen-bond donors (Lipinski definition) is 0. The zero-order chi connectivity index (χ0) is 38.7. The number of nitrogens with zero attached hydrogens (tertiary/aromatic N) is 7. The summed E-state index contributed by atoms with van der Waals surface area (Å²) in [5.41, 5.74) is 10.3. The van der Waals surface area contributed by atoms with Crippen molar-refractivity contribution in [2.75, 3.05) is 0 Å². The van der Waals surface area contributed by atoms with E-state index in [1.54, 1.807) is 0 Å². The number of benzene rings is 7. The van der Waals surface area contributed by atoms with Crippen LogP contribution in [0.5, 0.6) is 0 Å². The van der Waals surface area contributed by atoms with E-state index in [2.05, 4.69) is 94.5 Å². The maximum absolute atomic E-state index is 6.35. The second-order valence-electron chi connectivity index (χ2n) is 14.4. The number of rotatable bonds is 6. The van der Waals surface area contributed by atoms with E-state index in [0.717, 1.165) is 82.8 Å². The van der Waals surface area contributed by atoms with Crippen LogP contribution < -0.4 is 0 Å². The molecule has 0 unspecified atom stereocenters. The lowest BCUT2D eigenvalue weighted by molar-refractivity contribution is 0.669. The molecular weight excluding hydrogens is 715 g/mol. The third-order valence-electron chi connectivity index (χ3n) is 10.7. The Morgan fingerprint density at radius 1 is 0.379 bits per heavy atom. The summed E-state index contributed by atoms with van der Waals surface area (Å²) in [6.07, 6.45) is 0. The molecule has 0 atom stereocenters. The molecule has 0 fully saturated rings. The molecule has 274 valence electrons. The van der Waals surface area contributed by atoms with Crippen LogP contribution in [0.1, 0.15) is 11.6 Å². The Labute approximate surface area is 333 Å². The molecule has 0 saturated heterocycles. The van der Waals surface area contributed by atoms with Gasteiger partial charge in [-0.25, -0.2) is 29.9 Å². The summed E-state index contributed by atoms with van der Waals surface area (Å²) in [5, 5.41) is 4.36. The molecule has 0 aliphatic rings. The highest BCUT2D eigenvalue weighted by atomic mass is 16.3. The van der Waals surface area contributed by atoms with Crippen LogP contribution in [0.15, 0.2) is 168 Å². The minimum atomic E-state index is 0.555. The van der Waals surface area contributed by atoms with Gasteiger partial charge in [-0.3, -0.25) is 0 Å². The average Bonchev–Trinajstić information content (AvgIpc) is 3.82. The number of aromatic nitrogens is 7. The van der Waals surface area contributed by atoms with E-state index in [1.165, 1.54) is 0 Å². The molecule has 0 spiro atoms. The van der Waals surface area contributed by atoms with Gasteiger partial charge in [0, 0.05) is 43.8 Å². The number of para-hydroxylation sites is 2.